The first-order chi connectivity index (χ1) is 14.1. The summed E-state index contributed by atoms with van der Waals surface area (Å²) in [6.07, 6.45) is 5.23. The molecule has 0 radical (unpaired) electrons. The van der Waals surface area contributed by atoms with Gasteiger partial charge in [0.05, 0.1) is 23.2 Å². The molecule has 0 fully saturated rings. The van der Waals surface area contributed by atoms with Gasteiger partial charge >= 0.3 is 0 Å². The summed E-state index contributed by atoms with van der Waals surface area (Å²) in [6, 6.07) is 15.7. The Morgan fingerprint density at radius 1 is 1.08 bits per heavy atom. The lowest BCUT2D eigenvalue weighted by molar-refractivity contribution is -0.648. The summed E-state index contributed by atoms with van der Waals surface area (Å²) in [5.41, 5.74) is 5.89. The van der Waals surface area contributed by atoms with E-state index < -0.39 is 6.98 Å². The summed E-state index contributed by atoms with van der Waals surface area (Å²) in [6.45, 7) is -1.78. The standard InChI is InChI=1S/C21H16N5/c1-24-19-18-17(8-5-10-23-18)26(15-6-3-2-4-7-15)21(19)25-13-14-12-22-11-9-16(14)20(24)25/h2-12H,13H2,1H3/q+1/i1D3. The molecule has 4 aromatic heterocycles. The maximum Gasteiger partial charge on any atom is 0.276 e. The van der Waals surface area contributed by atoms with Crippen molar-refractivity contribution in [3.8, 4) is 17.1 Å². The van der Waals surface area contributed by atoms with E-state index in [4.69, 9.17) is 4.11 Å². The van der Waals surface area contributed by atoms with Crippen LogP contribution < -0.4 is 4.57 Å². The van der Waals surface area contributed by atoms with Gasteiger partial charge in [0.15, 0.2) is 0 Å². The first-order valence-corrected chi connectivity index (χ1v) is 8.48. The highest BCUT2D eigenvalue weighted by Gasteiger charge is 2.36. The molecule has 0 spiro atoms. The first-order valence-electron chi connectivity index (χ1n) is 9.98. The smallest absolute Gasteiger partial charge is 0.264 e. The topological polar surface area (TPSA) is 39.5 Å². The van der Waals surface area contributed by atoms with Crippen LogP contribution in [0.1, 0.15) is 9.68 Å². The summed E-state index contributed by atoms with van der Waals surface area (Å²) < 4.78 is 30.5. The molecule has 1 aliphatic heterocycles. The highest BCUT2D eigenvalue weighted by atomic mass is 15.3. The average Bonchev–Trinajstić information content (AvgIpc) is 3.34. The SMILES string of the molecule is [2H]C([2H])([2H])n1c2[n+](c3c1c1ncccc1n3-c1ccccc1)Cc1cnccc1-2. The van der Waals surface area contributed by atoms with Crippen LogP contribution in [0, 0.1) is 0 Å². The minimum Gasteiger partial charge on any atom is -0.264 e. The molecule has 6 rings (SSSR count). The molecule has 1 aromatic carbocycles. The summed E-state index contributed by atoms with van der Waals surface area (Å²) in [7, 11) is 0. The van der Waals surface area contributed by atoms with Crippen molar-refractivity contribution in [3.63, 3.8) is 0 Å². The maximum absolute atomic E-state index is 8.30. The second-order valence-electron chi connectivity index (χ2n) is 6.49. The molecule has 0 atom stereocenters. The third-order valence-corrected chi connectivity index (χ3v) is 5.11. The number of para-hydroxylation sites is 1. The number of fused-ring (bicyclic) bond motifs is 7. The van der Waals surface area contributed by atoms with Crippen molar-refractivity contribution >= 4 is 22.2 Å². The van der Waals surface area contributed by atoms with Gasteiger partial charge in [-0.05, 0) is 30.3 Å². The molecule has 0 aliphatic carbocycles. The molecule has 26 heavy (non-hydrogen) atoms. The average molecular weight is 341 g/mol. The Labute approximate surface area is 154 Å². The van der Waals surface area contributed by atoms with Crippen molar-refractivity contribution < 1.29 is 8.68 Å². The van der Waals surface area contributed by atoms with Crippen LogP contribution in [0.3, 0.4) is 0 Å². The third kappa shape index (κ3) is 1.57. The second-order valence-corrected chi connectivity index (χ2v) is 6.49. The lowest BCUT2D eigenvalue weighted by atomic mass is 10.2. The molecule has 5 aromatic rings. The summed E-state index contributed by atoms with van der Waals surface area (Å²) in [5, 5.41) is 0. The minimum absolute atomic E-state index is 0.571. The zero-order valence-corrected chi connectivity index (χ0v) is 13.8. The van der Waals surface area contributed by atoms with Crippen molar-refractivity contribution in [3.05, 3.63) is 72.7 Å². The third-order valence-electron chi connectivity index (χ3n) is 5.11. The fourth-order valence-electron chi connectivity index (χ4n) is 4.06. The zero-order valence-electron chi connectivity index (χ0n) is 16.8. The minimum atomic E-state index is -2.35. The summed E-state index contributed by atoms with van der Waals surface area (Å²) in [4.78, 5) is 8.81. The Hall–Kier alpha value is -3.47. The van der Waals surface area contributed by atoms with Crippen LogP contribution in [0.5, 0.6) is 0 Å². The normalized spacial score (nSPS) is 14.8. The van der Waals surface area contributed by atoms with E-state index in [1.54, 1.807) is 12.4 Å². The molecule has 0 unspecified atom stereocenters. The first kappa shape index (κ1) is 11.2. The predicted octanol–water partition coefficient (Wildman–Crippen LogP) is 3.23. The van der Waals surface area contributed by atoms with E-state index in [-0.39, 0.29) is 0 Å². The Kier molecular flexibility index (Phi) is 2.06. The van der Waals surface area contributed by atoms with E-state index in [0.29, 0.717) is 23.4 Å². The van der Waals surface area contributed by atoms with E-state index in [2.05, 4.69) is 19.1 Å². The zero-order chi connectivity index (χ0) is 19.8. The van der Waals surface area contributed by atoms with Gasteiger partial charge in [-0.15, -0.1) is 0 Å². The van der Waals surface area contributed by atoms with Gasteiger partial charge in [0.1, 0.15) is 16.7 Å². The van der Waals surface area contributed by atoms with E-state index in [0.717, 1.165) is 28.0 Å². The number of hydrogen-bond acceptors (Lipinski definition) is 2. The molecule has 0 N–H and O–H groups in total. The Balaban J connectivity index is 1.87. The Morgan fingerprint density at radius 3 is 2.88 bits per heavy atom. The van der Waals surface area contributed by atoms with Crippen LogP contribution in [-0.2, 0) is 13.5 Å². The van der Waals surface area contributed by atoms with Crippen molar-refractivity contribution in [2.24, 2.45) is 6.98 Å². The molecular weight excluding hydrogens is 322 g/mol. The van der Waals surface area contributed by atoms with Crippen LogP contribution in [0.2, 0.25) is 0 Å². The van der Waals surface area contributed by atoms with Gasteiger partial charge in [0.25, 0.3) is 5.65 Å². The molecular formula is C21H16N5+. The van der Waals surface area contributed by atoms with Crippen LogP contribution in [0.25, 0.3) is 39.3 Å². The fourth-order valence-corrected chi connectivity index (χ4v) is 4.06. The fraction of sp³-hybridized carbons (Fsp3) is 0.0952. The van der Waals surface area contributed by atoms with Crippen LogP contribution in [-0.4, -0.2) is 19.1 Å². The van der Waals surface area contributed by atoms with E-state index in [9.17, 15) is 0 Å². The van der Waals surface area contributed by atoms with Crippen molar-refractivity contribution in [2.45, 2.75) is 6.54 Å². The largest absolute Gasteiger partial charge is 0.276 e. The van der Waals surface area contributed by atoms with Crippen LogP contribution >= 0.6 is 0 Å². The van der Waals surface area contributed by atoms with Gasteiger partial charge in [-0.25, -0.2) is 14.1 Å². The molecule has 0 saturated carbocycles. The van der Waals surface area contributed by atoms with Gasteiger partial charge in [-0.3, -0.25) is 9.55 Å². The van der Waals surface area contributed by atoms with Gasteiger partial charge in [-0.1, -0.05) is 18.2 Å². The van der Waals surface area contributed by atoms with E-state index >= 15 is 0 Å². The lowest BCUT2D eigenvalue weighted by Gasteiger charge is -2.02. The molecule has 5 nitrogen and oxygen atoms in total. The number of aryl methyl sites for hydroxylation is 1. The maximum atomic E-state index is 8.30. The summed E-state index contributed by atoms with van der Waals surface area (Å²) >= 11 is 0. The highest BCUT2D eigenvalue weighted by molar-refractivity contribution is 6.03. The summed E-state index contributed by atoms with van der Waals surface area (Å²) in [5.74, 6) is 0.671. The monoisotopic (exact) mass is 341 g/mol. The number of nitrogens with zero attached hydrogens (tertiary/aromatic N) is 5. The quantitative estimate of drug-likeness (QED) is 0.431. The molecule has 0 amide bonds. The second kappa shape index (κ2) is 4.79. The molecule has 5 heterocycles. The lowest BCUT2D eigenvalue weighted by Crippen LogP contribution is -2.33. The number of rotatable bonds is 1. The number of aromatic nitrogens is 5. The van der Waals surface area contributed by atoms with Gasteiger partial charge in [0.2, 0.25) is 11.3 Å². The number of hydrogen-bond donors (Lipinski definition) is 0. The number of pyridine rings is 2. The number of benzene rings is 1. The van der Waals surface area contributed by atoms with Crippen molar-refractivity contribution in [1.29, 1.82) is 0 Å². The molecule has 0 bridgehead atoms. The molecule has 1 aliphatic rings. The Morgan fingerprint density at radius 2 is 2.00 bits per heavy atom. The Bertz CT molecular complexity index is 1410. The van der Waals surface area contributed by atoms with Gasteiger partial charge < -0.3 is 0 Å². The van der Waals surface area contributed by atoms with Crippen molar-refractivity contribution in [1.82, 2.24) is 19.1 Å². The molecule has 5 heteroatoms. The molecule has 124 valence electrons. The van der Waals surface area contributed by atoms with Crippen LogP contribution in [0.4, 0.5) is 0 Å². The van der Waals surface area contributed by atoms with Gasteiger partial charge in [-0.2, -0.15) is 0 Å². The highest BCUT2D eigenvalue weighted by Crippen LogP contribution is 2.35. The molecule has 0 saturated heterocycles. The van der Waals surface area contributed by atoms with Crippen molar-refractivity contribution in [2.75, 3.05) is 0 Å². The van der Waals surface area contributed by atoms with Gasteiger partial charge in [0, 0.05) is 24.2 Å². The van der Waals surface area contributed by atoms with E-state index in [1.165, 1.54) is 4.57 Å². The van der Waals surface area contributed by atoms with Crippen LogP contribution in [0.15, 0.2) is 67.1 Å². The predicted molar refractivity (Wildman–Crippen MR) is 100 cm³/mol. The van der Waals surface area contributed by atoms with E-state index in [1.807, 2.05) is 54.7 Å². The number of imidazole rings is 1.